The van der Waals surface area contributed by atoms with Crippen molar-refractivity contribution in [2.45, 2.75) is 19.8 Å². The van der Waals surface area contributed by atoms with Crippen LogP contribution in [0.1, 0.15) is 19.8 Å². The molecule has 1 aromatic rings. The Kier molecular flexibility index (Phi) is 3.03. The Morgan fingerprint density at radius 3 is 2.94 bits per heavy atom. The van der Waals surface area contributed by atoms with E-state index in [0.29, 0.717) is 29.6 Å². The van der Waals surface area contributed by atoms with Crippen molar-refractivity contribution in [1.29, 1.82) is 5.26 Å². The van der Waals surface area contributed by atoms with Crippen molar-refractivity contribution in [3.8, 4) is 6.07 Å². The average molecular weight is 250 g/mol. The van der Waals surface area contributed by atoms with Crippen molar-refractivity contribution in [3.63, 3.8) is 0 Å². The smallest absolute Gasteiger partial charge is 0.246 e. The van der Waals surface area contributed by atoms with Crippen molar-refractivity contribution in [2.24, 2.45) is 11.3 Å². The molecule has 0 aromatic carbocycles. The van der Waals surface area contributed by atoms with Gasteiger partial charge in [0.15, 0.2) is 5.82 Å². The van der Waals surface area contributed by atoms with Crippen molar-refractivity contribution >= 4 is 23.3 Å². The van der Waals surface area contributed by atoms with E-state index in [-0.39, 0.29) is 5.91 Å². The van der Waals surface area contributed by atoms with Crippen LogP contribution in [0.2, 0.25) is 5.02 Å². The Balaban J connectivity index is 2.13. The Hall–Kier alpha value is -1.60. The van der Waals surface area contributed by atoms with Crippen LogP contribution >= 0.6 is 11.6 Å². The Morgan fingerprint density at radius 1 is 1.71 bits per heavy atom. The normalized spacial score (nSPS) is 26.8. The summed E-state index contributed by atoms with van der Waals surface area (Å²) in [5.74, 6) is 0.423. The molecule has 1 N–H and O–H groups in total. The molecule has 1 saturated carbocycles. The molecule has 2 rings (SSSR count). The standard InChI is InChI=1S/C12H12ClN3O/c1-8-5-12(6-8,7-14)11(17)16-10-9(13)3-2-4-15-10/h2-4,8H,5-6H2,1H3,(H,15,16,17). The van der Waals surface area contributed by atoms with Crippen molar-refractivity contribution < 1.29 is 4.79 Å². The van der Waals surface area contributed by atoms with Crippen LogP contribution in [0.3, 0.4) is 0 Å². The topological polar surface area (TPSA) is 65.8 Å². The first-order valence-electron chi connectivity index (χ1n) is 5.40. The molecule has 0 spiro atoms. The molecule has 5 heteroatoms. The van der Waals surface area contributed by atoms with Gasteiger partial charge in [0.1, 0.15) is 5.41 Å². The fourth-order valence-corrected chi connectivity index (χ4v) is 2.33. The van der Waals surface area contributed by atoms with Crippen molar-refractivity contribution in [2.75, 3.05) is 5.32 Å². The summed E-state index contributed by atoms with van der Waals surface area (Å²) in [5, 5.41) is 12.1. The quantitative estimate of drug-likeness (QED) is 0.876. The number of pyridine rings is 1. The van der Waals surface area contributed by atoms with E-state index in [2.05, 4.69) is 16.4 Å². The number of aromatic nitrogens is 1. The summed E-state index contributed by atoms with van der Waals surface area (Å²) in [6.45, 7) is 2.02. The highest BCUT2D eigenvalue weighted by molar-refractivity contribution is 6.33. The molecule has 1 amide bonds. The van der Waals surface area contributed by atoms with Crippen LogP contribution in [-0.4, -0.2) is 10.9 Å². The second-order valence-electron chi connectivity index (χ2n) is 4.50. The zero-order valence-corrected chi connectivity index (χ0v) is 10.2. The molecule has 1 fully saturated rings. The lowest BCUT2D eigenvalue weighted by Crippen LogP contribution is -2.45. The van der Waals surface area contributed by atoms with Crippen LogP contribution in [0, 0.1) is 22.7 Å². The zero-order chi connectivity index (χ0) is 12.5. The average Bonchev–Trinajstić information content (AvgIpc) is 2.27. The molecule has 88 valence electrons. The predicted octanol–water partition coefficient (Wildman–Crippen LogP) is 2.61. The lowest BCUT2D eigenvalue weighted by molar-refractivity contribution is -0.128. The van der Waals surface area contributed by atoms with Gasteiger partial charge in [0, 0.05) is 6.20 Å². The number of amides is 1. The molecule has 0 aliphatic heterocycles. The minimum absolute atomic E-state index is 0.307. The molecule has 0 unspecified atom stereocenters. The number of halogens is 1. The minimum Gasteiger partial charge on any atom is -0.308 e. The number of nitrogens with one attached hydrogen (secondary N) is 1. The second-order valence-corrected chi connectivity index (χ2v) is 4.90. The van der Waals surface area contributed by atoms with Crippen LogP contribution in [0.15, 0.2) is 18.3 Å². The molecule has 1 aliphatic carbocycles. The third-order valence-corrected chi connectivity index (χ3v) is 3.34. The molecule has 4 nitrogen and oxygen atoms in total. The fourth-order valence-electron chi connectivity index (χ4n) is 2.16. The molecular formula is C12H12ClN3O. The Bertz CT molecular complexity index is 489. The lowest BCUT2D eigenvalue weighted by Gasteiger charge is -2.39. The number of hydrogen-bond acceptors (Lipinski definition) is 3. The molecule has 1 aromatic heterocycles. The molecule has 1 aliphatic rings. The summed E-state index contributed by atoms with van der Waals surface area (Å²) in [5.41, 5.74) is -0.903. The van der Waals surface area contributed by atoms with Gasteiger partial charge in [0.2, 0.25) is 5.91 Å². The molecule has 17 heavy (non-hydrogen) atoms. The van der Waals surface area contributed by atoms with E-state index in [1.807, 2.05) is 6.92 Å². The molecule has 0 atom stereocenters. The highest BCUT2D eigenvalue weighted by Crippen LogP contribution is 2.45. The van der Waals surface area contributed by atoms with Crippen LogP contribution in [0.5, 0.6) is 0 Å². The van der Waals surface area contributed by atoms with E-state index >= 15 is 0 Å². The summed E-state index contributed by atoms with van der Waals surface area (Å²) in [6.07, 6.45) is 2.74. The predicted molar refractivity (Wildman–Crippen MR) is 64.3 cm³/mol. The number of carbonyl (C=O) groups excluding carboxylic acids is 1. The van der Waals surface area contributed by atoms with E-state index in [9.17, 15) is 4.79 Å². The van der Waals surface area contributed by atoms with Gasteiger partial charge in [0.25, 0.3) is 0 Å². The largest absolute Gasteiger partial charge is 0.308 e. The highest BCUT2D eigenvalue weighted by atomic mass is 35.5. The first-order valence-corrected chi connectivity index (χ1v) is 5.78. The molecular weight excluding hydrogens is 238 g/mol. The summed E-state index contributed by atoms with van der Waals surface area (Å²) in [4.78, 5) is 16.0. The van der Waals surface area contributed by atoms with E-state index in [0.717, 1.165) is 0 Å². The van der Waals surface area contributed by atoms with Crippen LogP contribution in [-0.2, 0) is 4.79 Å². The van der Waals surface area contributed by atoms with Gasteiger partial charge in [-0.15, -0.1) is 0 Å². The Labute approximate surface area is 105 Å². The van der Waals surface area contributed by atoms with E-state index in [1.54, 1.807) is 18.3 Å². The lowest BCUT2D eigenvalue weighted by atomic mass is 9.63. The number of rotatable bonds is 2. The van der Waals surface area contributed by atoms with Gasteiger partial charge in [-0.25, -0.2) is 4.98 Å². The van der Waals surface area contributed by atoms with Crippen LogP contribution < -0.4 is 5.32 Å². The van der Waals surface area contributed by atoms with Gasteiger partial charge in [-0.2, -0.15) is 5.26 Å². The summed E-state index contributed by atoms with van der Waals surface area (Å²) in [7, 11) is 0. The van der Waals surface area contributed by atoms with E-state index < -0.39 is 5.41 Å². The minimum atomic E-state index is -0.903. The van der Waals surface area contributed by atoms with Gasteiger partial charge >= 0.3 is 0 Å². The third kappa shape index (κ3) is 2.11. The van der Waals surface area contributed by atoms with E-state index in [1.165, 1.54) is 0 Å². The van der Waals surface area contributed by atoms with Crippen LogP contribution in [0.25, 0.3) is 0 Å². The number of nitriles is 1. The first kappa shape index (κ1) is 11.9. The number of nitrogens with zero attached hydrogens (tertiary/aromatic N) is 2. The van der Waals surface area contributed by atoms with Crippen molar-refractivity contribution in [3.05, 3.63) is 23.4 Å². The molecule has 0 radical (unpaired) electrons. The van der Waals surface area contributed by atoms with Crippen molar-refractivity contribution in [1.82, 2.24) is 4.98 Å². The maximum absolute atomic E-state index is 12.0. The second kappa shape index (κ2) is 4.34. The molecule has 1 heterocycles. The zero-order valence-electron chi connectivity index (χ0n) is 9.40. The highest BCUT2D eigenvalue weighted by Gasteiger charge is 2.49. The maximum atomic E-state index is 12.0. The van der Waals surface area contributed by atoms with Gasteiger partial charge < -0.3 is 5.32 Å². The SMILES string of the molecule is CC1CC(C#N)(C(=O)Nc2ncccc2Cl)C1. The summed E-state index contributed by atoms with van der Waals surface area (Å²) in [6, 6.07) is 5.43. The number of hydrogen-bond donors (Lipinski definition) is 1. The number of carbonyl (C=O) groups is 1. The monoisotopic (exact) mass is 249 g/mol. The maximum Gasteiger partial charge on any atom is 0.246 e. The first-order chi connectivity index (χ1) is 8.07. The van der Waals surface area contributed by atoms with E-state index in [4.69, 9.17) is 16.9 Å². The third-order valence-electron chi connectivity index (χ3n) is 3.03. The fraction of sp³-hybridized carbons (Fsp3) is 0.417. The van der Waals surface area contributed by atoms with Gasteiger partial charge in [-0.1, -0.05) is 18.5 Å². The van der Waals surface area contributed by atoms with Gasteiger partial charge in [-0.3, -0.25) is 4.79 Å². The Morgan fingerprint density at radius 2 is 2.41 bits per heavy atom. The van der Waals surface area contributed by atoms with Gasteiger partial charge in [0.05, 0.1) is 11.1 Å². The van der Waals surface area contributed by atoms with Crippen LogP contribution in [0.4, 0.5) is 5.82 Å². The number of anilines is 1. The molecule has 0 bridgehead atoms. The summed E-state index contributed by atoms with van der Waals surface area (Å²) < 4.78 is 0. The summed E-state index contributed by atoms with van der Waals surface area (Å²) >= 11 is 5.89. The molecule has 0 saturated heterocycles. The van der Waals surface area contributed by atoms with Gasteiger partial charge in [-0.05, 0) is 30.9 Å².